The van der Waals surface area contributed by atoms with Crippen LogP contribution in [0.15, 0.2) is 12.5 Å². The number of imidazole rings is 1. The number of hydrogen-bond donors (Lipinski definition) is 1. The summed E-state index contributed by atoms with van der Waals surface area (Å²) in [6.07, 6.45) is 4.51. The zero-order valence-electron chi connectivity index (χ0n) is 13.9. The normalized spacial score (nSPS) is 11.9. The first-order valence-corrected chi connectivity index (χ1v) is 7.34. The van der Waals surface area contributed by atoms with E-state index in [2.05, 4.69) is 54.9 Å². The molecule has 0 fully saturated rings. The van der Waals surface area contributed by atoms with Crippen molar-refractivity contribution in [1.29, 1.82) is 0 Å². The van der Waals surface area contributed by atoms with Gasteiger partial charge >= 0.3 is 0 Å². The minimum Gasteiger partial charge on any atom is -0.331 e. The van der Waals surface area contributed by atoms with Gasteiger partial charge in [0.1, 0.15) is 5.69 Å². The Morgan fingerprint density at radius 1 is 1.14 bits per heavy atom. The van der Waals surface area contributed by atoms with Gasteiger partial charge < -0.3 is 9.88 Å². The molecule has 0 bridgehead atoms. The predicted molar refractivity (Wildman–Crippen MR) is 85.2 cm³/mol. The zero-order valence-corrected chi connectivity index (χ0v) is 13.9. The fraction of sp³-hybridized carbons (Fsp3) is 0.562. The highest BCUT2D eigenvalue weighted by Crippen LogP contribution is 2.18. The first-order chi connectivity index (χ1) is 9.78. The second kappa shape index (κ2) is 5.93. The summed E-state index contributed by atoms with van der Waals surface area (Å²) in [5.74, 6) is 0.748. The summed E-state index contributed by atoms with van der Waals surface area (Å²) in [6, 6.07) is 0. The first-order valence-electron chi connectivity index (χ1n) is 7.34. The monoisotopic (exact) mass is 287 g/mol. The van der Waals surface area contributed by atoms with E-state index in [1.807, 2.05) is 11.6 Å². The molecular weight excluding hydrogens is 262 g/mol. The molecule has 0 aliphatic rings. The topological polar surface area (TPSA) is 55.6 Å². The minimum atomic E-state index is 0.136. The Labute approximate surface area is 126 Å². The van der Waals surface area contributed by atoms with Crippen LogP contribution >= 0.6 is 0 Å². The van der Waals surface area contributed by atoms with Gasteiger partial charge in [-0.05, 0) is 53.1 Å². The summed E-state index contributed by atoms with van der Waals surface area (Å²) in [4.78, 5) is 13.4. The zero-order chi connectivity index (χ0) is 15.6. The number of rotatable bonds is 4. The van der Waals surface area contributed by atoms with Crippen LogP contribution in [-0.4, -0.2) is 31.6 Å². The smallest absolute Gasteiger partial charge is 0.178 e. The number of hydrogen-bond acceptors (Lipinski definition) is 4. The van der Waals surface area contributed by atoms with Crippen LogP contribution < -0.4 is 5.32 Å². The third-order valence-corrected chi connectivity index (χ3v) is 3.50. The number of aryl methyl sites for hydroxylation is 3. The average molecular weight is 287 g/mol. The van der Waals surface area contributed by atoms with E-state index < -0.39 is 0 Å². The second-order valence-corrected chi connectivity index (χ2v) is 6.51. The molecule has 5 heteroatoms. The van der Waals surface area contributed by atoms with Crippen LogP contribution in [0.3, 0.4) is 0 Å². The molecule has 0 radical (unpaired) electrons. The SMILES string of the molecule is Cc1nc(-c2cncn2C)nc(C)c1CCNC(C)(C)C. The standard InChI is InChI=1S/C16H25N5/c1-11-13(7-8-18-16(3,4)5)12(2)20-15(19-11)14-9-17-10-21(14)6/h9-10,18H,7-8H2,1-6H3. The molecule has 2 aromatic heterocycles. The molecule has 0 atom stereocenters. The fourth-order valence-electron chi connectivity index (χ4n) is 2.35. The summed E-state index contributed by atoms with van der Waals surface area (Å²) in [6.45, 7) is 11.6. The van der Waals surface area contributed by atoms with Crippen LogP contribution in [0.4, 0.5) is 0 Å². The van der Waals surface area contributed by atoms with Crippen molar-refractivity contribution < 1.29 is 0 Å². The third kappa shape index (κ3) is 3.88. The van der Waals surface area contributed by atoms with Gasteiger partial charge in [-0.15, -0.1) is 0 Å². The van der Waals surface area contributed by atoms with Crippen molar-refractivity contribution in [3.8, 4) is 11.5 Å². The van der Waals surface area contributed by atoms with Gasteiger partial charge in [-0.3, -0.25) is 0 Å². The van der Waals surface area contributed by atoms with E-state index in [1.165, 1.54) is 5.56 Å². The van der Waals surface area contributed by atoms with Crippen molar-refractivity contribution in [2.75, 3.05) is 6.54 Å². The van der Waals surface area contributed by atoms with Crippen LogP contribution in [0.5, 0.6) is 0 Å². The van der Waals surface area contributed by atoms with Crippen molar-refractivity contribution in [2.24, 2.45) is 7.05 Å². The number of nitrogens with zero attached hydrogens (tertiary/aromatic N) is 4. The molecule has 0 aromatic carbocycles. The lowest BCUT2D eigenvalue weighted by molar-refractivity contribution is 0.429. The molecule has 1 N–H and O–H groups in total. The van der Waals surface area contributed by atoms with E-state index in [4.69, 9.17) is 0 Å². The van der Waals surface area contributed by atoms with E-state index in [1.54, 1.807) is 12.5 Å². The molecule has 0 unspecified atom stereocenters. The van der Waals surface area contributed by atoms with Crippen LogP contribution in [-0.2, 0) is 13.5 Å². The van der Waals surface area contributed by atoms with Gasteiger partial charge in [-0.2, -0.15) is 0 Å². The largest absolute Gasteiger partial charge is 0.331 e. The first kappa shape index (κ1) is 15.6. The van der Waals surface area contributed by atoms with E-state index in [0.29, 0.717) is 0 Å². The number of nitrogens with one attached hydrogen (secondary N) is 1. The van der Waals surface area contributed by atoms with Gasteiger partial charge in [0.05, 0.1) is 12.5 Å². The lowest BCUT2D eigenvalue weighted by Crippen LogP contribution is -2.37. The second-order valence-electron chi connectivity index (χ2n) is 6.51. The highest BCUT2D eigenvalue weighted by Gasteiger charge is 2.13. The fourth-order valence-corrected chi connectivity index (χ4v) is 2.35. The Bertz CT molecular complexity index is 599. The van der Waals surface area contributed by atoms with Gasteiger partial charge in [0.25, 0.3) is 0 Å². The molecule has 0 amide bonds. The Morgan fingerprint density at radius 2 is 1.76 bits per heavy atom. The molecule has 0 spiro atoms. The van der Waals surface area contributed by atoms with Crippen molar-refractivity contribution in [2.45, 2.75) is 46.6 Å². The predicted octanol–water partition coefficient (Wildman–Crippen LogP) is 2.42. The van der Waals surface area contributed by atoms with Crippen LogP contribution in [0.25, 0.3) is 11.5 Å². The van der Waals surface area contributed by atoms with Crippen LogP contribution in [0.1, 0.15) is 37.7 Å². The van der Waals surface area contributed by atoms with Gasteiger partial charge in [0.2, 0.25) is 0 Å². The summed E-state index contributed by atoms with van der Waals surface area (Å²) >= 11 is 0. The maximum Gasteiger partial charge on any atom is 0.178 e. The molecule has 21 heavy (non-hydrogen) atoms. The van der Waals surface area contributed by atoms with Crippen molar-refractivity contribution in [3.63, 3.8) is 0 Å². The number of aromatic nitrogens is 4. The molecule has 2 aromatic rings. The Balaban J connectivity index is 2.20. The maximum absolute atomic E-state index is 4.65. The molecule has 0 saturated heterocycles. The van der Waals surface area contributed by atoms with Crippen molar-refractivity contribution in [1.82, 2.24) is 24.8 Å². The van der Waals surface area contributed by atoms with Crippen molar-refractivity contribution in [3.05, 3.63) is 29.5 Å². The Kier molecular flexibility index (Phi) is 4.42. The van der Waals surface area contributed by atoms with Gasteiger partial charge in [0, 0.05) is 24.0 Å². The van der Waals surface area contributed by atoms with Crippen LogP contribution in [0, 0.1) is 13.8 Å². The summed E-state index contributed by atoms with van der Waals surface area (Å²) in [7, 11) is 1.96. The van der Waals surface area contributed by atoms with Gasteiger partial charge in [0.15, 0.2) is 5.82 Å². The Hall–Kier alpha value is -1.75. The molecule has 114 valence electrons. The van der Waals surface area contributed by atoms with Gasteiger partial charge in [-0.1, -0.05) is 0 Å². The van der Waals surface area contributed by atoms with E-state index >= 15 is 0 Å². The molecule has 0 saturated carbocycles. The molecule has 2 heterocycles. The molecule has 2 rings (SSSR count). The highest BCUT2D eigenvalue weighted by atomic mass is 15.1. The molecule has 0 aliphatic carbocycles. The quantitative estimate of drug-likeness (QED) is 0.938. The third-order valence-electron chi connectivity index (χ3n) is 3.50. The van der Waals surface area contributed by atoms with E-state index in [0.717, 1.165) is 35.9 Å². The lowest BCUT2D eigenvalue weighted by Gasteiger charge is -2.21. The Morgan fingerprint density at radius 3 is 2.24 bits per heavy atom. The summed E-state index contributed by atoms with van der Waals surface area (Å²) in [5, 5.41) is 3.51. The summed E-state index contributed by atoms with van der Waals surface area (Å²) < 4.78 is 1.94. The van der Waals surface area contributed by atoms with E-state index in [-0.39, 0.29) is 5.54 Å². The van der Waals surface area contributed by atoms with Crippen LogP contribution in [0.2, 0.25) is 0 Å². The summed E-state index contributed by atoms with van der Waals surface area (Å²) in [5.41, 5.74) is 4.42. The highest BCUT2D eigenvalue weighted by molar-refractivity contribution is 5.50. The van der Waals surface area contributed by atoms with E-state index in [9.17, 15) is 0 Å². The molecule has 0 aliphatic heterocycles. The van der Waals surface area contributed by atoms with Crippen molar-refractivity contribution >= 4 is 0 Å². The lowest BCUT2D eigenvalue weighted by atomic mass is 10.1. The molecular formula is C16H25N5. The molecule has 5 nitrogen and oxygen atoms in total. The minimum absolute atomic E-state index is 0.136. The average Bonchev–Trinajstić information content (AvgIpc) is 2.77. The maximum atomic E-state index is 4.65. The van der Waals surface area contributed by atoms with Gasteiger partial charge in [-0.25, -0.2) is 15.0 Å².